The van der Waals surface area contributed by atoms with Gasteiger partial charge in [0.25, 0.3) is 0 Å². The third-order valence-corrected chi connectivity index (χ3v) is 4.97. The Labute approximate surface area is 178 Å². The summed E-state index contributed by atoms with van der Waals surface area (Å²) < 4.78 is 43.7. The van der Waals surface area contributed by atoms with Crippen molar-refractivity contribution in [2.45, 2.75) is 12.3 Å². The minimum absolute atomic E-state index is 0.113. The normalized spacial score (nSPS) is 16.1. The Kier molecular flexibility index (Phi) is 7.24. The number of alkyl halides is 3. The molecule has 0 radical (unpaired) electrons. The fraction of sp³-hybridized carbons (Fsp3) is 0.381. The number of anilines is 2. The number of rotatable bonds is 7. The van der Waals surface area contributed by atoms with E-state index in [2.05, 4.69) is 10.2 Å². The van der Waals surface area contributed by atoms with Crippen LogP contribution in [0.15, 0.2) is 48.5 Å². The molecular weight excluding hydrogens is 413 g/mol. The Morgan fingerprint density at radius 2 is 1.68 bits per heavy atom. The average molecular weight is 438 g/mol. The van der Waals surface area contributed by atoms with Gasteiger partial charge in [0.05, 0.1) is 5.56 Å². The van der Waals surface area contributed by atoms with Gasteiger partial charge in [-0.3, -0.25) is 4.90 Å². The fourth-order valence-corrected chi connectivity index (χ4v) is 3.37. The maximum absolute atomic E-state index is 12.7. The predicted octanol–water partition coefficient (Wildman–Crippen LogP) is 2.76. The number of β-amino-alcohol motifs (C(OH)–C–C–N with tert-alkyl or cyclic N) is 1. The van der Waals surface area contributed by atoms with Crippen molar-refractivity contribution in [3.05, 3.63) is 54.1 Å². The Balaban J connectivity index is 1.40. The van der Waals surface area contributed by atoms with Gasteiger partial charge < -0.3 is 25.8 Å². The summed E-state index contributed by atoms with van der Waals surface area (Å²) in [5.74, 6) is 0.557. The summed E-state index contributed by atoms with van der Waals surface area (Å²) in [6.45, 7) is 3.24. The van der Waals surface area contributed by atoms with Crippen LogP contribution in [0.3, 0.4) is 0 Å². The standard InChI is InChI=1S/C21H25F3N4O3/c22-21(23,24)15-1-5-17(6-2-15)28-11-9-27(10-12-28)13-18(29)14-31-19-7-3-16(4-8-19)26-20(25)30/h1-8,18,29H,9-14H2,(H3,25,26,30)/t18-/m1/s1. The fourth-order valence-electron chi connectivity index (χ4n) is 3.37. The number of aliphatic hydroxyl groups is 1. The van der Waals surface area contributed by atoms with Gasteiger partial charge in [-0.1, -0.05) is 0 Å². The van der Waals surface area contributed by atoms with Crippen LogP contribution >= 0.6 is 0 Å². The summed E-state index contributed by atoms with van der Waals surface area (Å²) in [6.07, 6.45) is -5.03. The number of nitrogens with zero attached hydrogens (tertiary/aromatic N) is 2. The van der Waals surface area contributed by atoms with Gasteiger partial charge in [0.15, 0.2) is 0 Å². The van der Waals surface area contributed by atoms with Crippen molar-refractivity contribution < 1.29 is 27.8 Å². The molecule has 7 nitrogen and oxygen atoms in total. The van der Waals surface area contributed by atoms with Gasteiger partial charge in [-0.05, 0) is 48.5 Å². The summed E-state index contributed by atoms with van der Waals surface area (Å²) >= 11 is 0. The highest BCUT2D eigenvalue weighted by Gasteiger charge is 2.30. The van der Waals surface area contributed by atoms with E-state index in [9.17, 15) is 23.1 Å². The van der Waals surface area contributed by atoms with E-state index in [1.54, 1.807) is 24.3 Å². The van der Waals surface area contributed by atoms with Crippen molar-refractivity contribution in [1.29, 1.82) is 0 Å². The molecule has 2 aromatic rings. The van der Waals surface area contributed by atoms with Crippen LogP contribution < -0.4 is 20.7 Å². The van der Waals surface area contributed by atoms with E-state index in [1.807, 2.05) is 4.90 Å². The molecular formula is C21H25F3N4O3. The van der Waals surface area contributed by atoms with Gasteiger partial charge in [0.2, 0.25) is 0 Å². The van der Waals surface area contributed by atoms with Crippen molar-refractivity contribution in [2.24, 2.45) is 5.73 Å². The molecule has 1 aliphatic rings. The quantitative estimate of drug-likeness (QED) is 0.619. The topological polar surface area (TPSA) is 91.1 Å². The molecule has 1 atom stereocenters. The van der Waals surface area contributed by atoms with Crippen LogP contribution in [0.2, 0.25) is 0 Å². The minimum Gasteiger partial charge on any atom is -0.491 e. The first-order chi connectivity index (χ1) is 14.7. The number of nitrogens with two attached hydrogens (primary N) is 1. The van der Waals surface area contributed by atoms with Crippen LogP contribution in [0.25, 0.3) is 0 Å². The number of ether oxygens (including phenoxy) is 1. The molecule has 10 heteroatoms. The number of carbonyl (C=O) groups is 1. The van der Waals surface area contributed by atoms with Crippen molar-refractivity contribution in [2.75, 3.05) is 49.5 Å². The van der Waals surface area contributed by atoms with Crippen LogP contribution in [-0.4, -0.2) is 61.5 Å². The first kappa shape index (κ1) is 22.7. The van der Waals surface area contributed by atoms with E-state index in [4.69, 9.17) is 10.5 Å². The number of primary amides is 1. The number of nitrogens with one attached hydrogen (secondary N) is 1. The molecule has 1 fully saturated rings. The summed E-state index contributed by atoms with van der Waals surface area (Å²) in [5.41, 5.74) is 5.70. The predicted molar refractivity (Wildman–Crippen MR) is 111 cm³/mol. The number of hydrogen-bond donors (Lipinski definition) is 3. The molecule has 0 aliphatic carbocycles. The first-order valence-corrected chi connectivity index (χ1v) is 9.82. The molecule has 0 spiro atoms. The molecule has 3 rings (SSSR count). The van der Waals surface area contributed by atoms with Crippen molar-refractivity contribution in [3.8, 4) is 5.75 Å². The van der Waals surface area contributed by atoms with Crippen molar-refractivity contribution in [1.82, 2.24) is 4.90 Å². The molecule has 1 saturated heterocycles. The average Bonchev–Trinajstić information content (AvgIpc) is 2.73. The highest BCUT2D eigenvalue weighted by Crippen LogP contribution is 2.30. The molecule has 0 saturated carbocycles. The number of halogens is 3. The lowest BCUT2D eigenvalue weighted by Gasteiger charge is -2.37. The summed E-state index contributed by atoms with van der Waals surface area (Å²) in [7, 11) is 0. The first-order valence-electron chi connectivity index (χ1n) is 9.82. The molecule has 2 aromatic carbocycles. The monoisotopic (exact) mass is 438 g/mol. The van der Waals surface area contributed by atoms with Crippen LogP contribution in [0, 0.1) is 0 Å². The van der Waals surface area contributed by atoms with Crippen LogP contribution in [0.5, 0.6) is 5.75 Å². The maximum Gasteiger partial charge on any atom is 0.416 e. The zero-order chi connectivity index (χ0) is 22.4. The number of aliphatic hydroxyl groups excluding tert-OH is 1. The van der Waals surface area contributed by atoms with Gasteiger partial charge in [-0.25, -0.2) is 4.79 Å². The summed E-state index contributed by atoms with van der Waals surface area (Å²) in [5, 5.41) is 12.7. The Bertz CT molecular complexity index is 852. The molecule has 4 N–H and O–H groups in total. The van der Waals surface area contributed by atoms with Crippen molar-refractivity contribution >= 4 is 17.4 Å². The molecule has 31 heavy (non-hydrogen) atoms. The lowest BCUT2D eigenvalue weighted by molar-refractivity contribution is -0.137. The summed E-state index contributed by atoms with van der Waals surface area (Å²) in [6, 6.07) is 11.2. The van der Waals surface area contributed by atoms with E-state index >= 15 is 0 Å². The number of urea groups is 1. The third-order valence-electron chi connectivity index (χ3n) is 4.97. The second kappa shape index (κ2) is 9.88. The molecule has 0 unspecified atom stereocenters. The number of hydrogen-bond acceptors (Lipinski definition) is 5. The molecule has 168 valence electrons. The minimum atomic E-state index is -4.34. The van der Waals surface area contributed by atoms with E-state index < -0.39 is 23.9 Å². The molecule has 0 aromatic heterocycles. The van der Waals surface area contributed by atoms with Crippen LogP contribution in [-0.2, 0) is 6.18 Å². The number of piperazine rings is 1. The van der Waals surface area contributed by atoms with E-state index in [0.29, 0.717) is 44.2 Å². The number of carbonyl (C=O) groups excluding carboxylic acids is 1. The molecule has 1 heterocycles. The Hall–Kier alpha value is -2.98. The zero-order valence-corrected chi connectivity index (χ0v) is 16.8. The molecule has 0 bridgehead atoms. The lowest BCUT2D eigenvalue weighted by Crippen LogP contribution is -2.49. The SMILES string of the molecule is NC(=O)Nc1ccc(OC[C@H](O)CN2CCN(c3ccc(C(F)(F)F)cc3)CC2)cc1. The van der Waals surface area contributed by atoms with E-state index in [1.165, 1.54) is 12.1 Å². The zero-order valence-electron chi connectivity index (χ0n) is 16.8. The molecule has 1 aliphatic heterocycles. The smallest absolute Gasteiger partial charge is 0.416 e. The summed E-state index contributed by atoms with van der Waals surface area (Å²) in [4.78, 5) is 14.9. The highest BCUT2D eigenvalue weighted by atomic mass is 19.4. The van der Waals surface area contributed by atoms with E-state index in [-0.39, 0.29) is 6.61 Å². The second-order valence-electron chi connectivity index (χ2n) is 7.31. The largest absolute Gasteiger partial charge is 0.491 e. The third kappa shape index (κ3) is 6.76. The van der Waals surface area contributed by atoms with Gasteiger partial charge in [0.1, 0.15) is 18.5 Å². The Morgan fingerprint density at radius 3 is 2.23 bits per heavy atom. The lowest BCUT2D eigenvalue weighted by atomic mass is 10.1. The van der Waals surface area contributed by atoms with Crippen molar-refractivity contribution in [3.63, 3.8) is 0 Å². The number of benzene rings is 2. The van der Waals surface area contributed by atoms with Gasteiger partial charge in [-0.2, -0.15) is 13.2 Å². The Morgan fingerprint density at radius 1 is 1.06 bits per heavy atom. The van der Waals surface area contributed by atoms with Gasteiger partial charge in [0, 0.05) is 44.1 Å². The maximum atomic E-state index is 12.7. The highest BCUT2D eigenvalue weighted by molar-refractivity contribution is 5.87. The van der Waals surface area contributed by atoms with E-state index in [0.717, 1.165) is 17.8 Å². The van der Waals surface area contributed by atoms with Gasteiger partial charge in [-0.15, -0.1) is 0 Å². The molecule has 2 amide bonds. The second-order valence-corrected chi connectivity index (χ2v) is 7.31. The van der Waals surface area contributed by atoms with Crippen LogP contribution in [0.1, 0.15) is 5.56 Å². The van der Waals surface area contributed by atoms with Crippen LogP contribution in [0.4, 0.5) is 29.3 Å². The number of amides is 2. The van der Waals surface area contributed by atoms with Gasteiger partial charge >= 0.3 is 12.2 Å².